The SMILES string of the molecule is Cc1cc(C)n(-c2ccc(=O)n(CCNC(=O)c3nc4ccccc4s3)n2)n1. The number of fused-ring (bicyclic) bond motifs is 1. The first kappa shape index (κ1) is 18.1. The topological polar surface area (TPSA) is 94.7 Å². The Morgan fingerprint density at radius 1 is 1.14 bits per heavy atom. The molecule has 9 heteroatoms. The average molecular weight is 394 g/mol. The van der Waals surface area contributed by atoms with E-state index in [4.69, 9.17) is 0 Å². The number of para-hydroxylation sites is 1. The lowest BCUT2D eigenvalue weighted by Crippen LogP contribution is -2.32. The van der Waals surface area contributed by atoms with E-state index in [0.29, 0.717) is 10.8 Å². The number of aryl methyl sites for hydroxylation is 2. The minimum absolute atomic E-state index is 0.237. The Hall–Kier alpha value is -3.33. The second-order valence-electron chi connectivity index (χ2n) is 6.33. The Balaban J connectivity index is 1.46. The smallest absolute Gasteiger partial charge is 0.280 e. The third-order valence-electron chi connectivity index (χ3n) is 4.18. The number of aromatic nitrogens is 5. The molecular weight excluding hydrogens is 376 g/mol. The van der Waals surface area contributed by atoms with Crippen molar-refractivity contribution in [3.05, 3.63) is 69.2 Å². The summed E-state index contributed by atoms with van der Waals surface area (Å²) in [7, 11) is 0. The lowest BCUT2D eigenvalue weighted by Gasteiger charge is -2.08. The van der Waals surface area contributed by atoms with Gasteiger partial charge in [-0.25, -0.2) is 14.3 Å². The number of rotatable bonds is 5. The maximum absolute atomic E-state index is 12.3. The summed E-state index contributed by atoms with van der Waals surface area (Å²) in [4.78, 5) is 28.8. The van der Waals surface area contributed by atoms with Gasteiger partial charge in [0.15, 0.2) is 10.8 Å². The summed E-state index contributed by atoms with van der Waals surface area (Å²) in [5.74, 6) is 0.298. The molecule has 0 aliphatic carbocycles. The van der Waals surface area contributed by atoms with Crippen LogP contribution in [0.4, 0.5) is 0 Å². The van der Waals surface area contributed by atoms with Crippen LogP contribution in [0.15, 0.2) is 47.3 Å². The number of nitrogens with one attached hydrogen (secondary N) is 1. The summed E-state index contributed by atoms with van der Waals surface area (Å²) >= 11 is 1.34. The van der Waals surface area contributed by atoms with E-state index >= 15 is 0 Å². The Morgan fingerprint density at radius 3 is 2.71 bits per heavy atom. The van der Waals surface area contributed by atoms with Crippen molar-refractivity contribution in [2.75, 3.05) is 6.54 Å². The lowest BCUT2D eigenvalue weighted by molar-refractivity contribution is 0.0951. The molecule has 1 aromatic carbocycles. The van der Waals surface area contributed by atoms with Crippen LogP contribution in [0.5, 0.6) is 0 Å². The highest BCUT2D eigenvalue weighted by molar-refractivity contribution is 7.20. The number of carbonyl (C=O) groups is 1. The van der Waals surface area contributed by atoms with Gasteiger partial charge in [0.25, 0.3) is 11.5 Å². The molecule has 8 nitrogen and oxygen atoms in total. The molecule has 0 saturated heterocycles. The maximum Gasteiger partial charge on any atom is 0.280 e. The number of amides is 1. The molecule has 1 amide bonds. The van der Waals surface area contributed by atoms with Gasteiger partial charge in [0.2, 0.25) is 0 Å². The van der Waals surface area contributed by atoms with Crippen LogP contribution in [0.3, 0.4) is 0 Å². The first-order chi connectivity index (χ1) is 13.5. The normalized spacial score (nSPS) is 11.1. The van der Waals surface area contributed by atoms with E-state index in [0.717, 1.165) is 21.6 Å². The molecule has 3 aromatic heterocycles. The quantitative estimate of drug-likeness (QED) is 0.559. The van der Waals surface area contributed by atoms with Crippen molar-refractivity contribution in [2.45, 2.75) is 20.4 Å². The minimum atomic E-state index is -0.260. The van der Waals surface area contributed by atoms with Gasteiger partial charge in [-0.2, -0.15) is 5.10 Å². The molecule has 1 N–H and O–H groups in total. The fraction of sp³-hybridized carbons (Fsp3) is 0.211. The fourth-order valence-corrected chi connectivity index (χ4v) is 3.77. The van der Waals surface area contributed by atoms with E-state index in [1.165, 1.54) is 22.1 Å². The van der Waals surface area contributed by atoms with E-state index in [1.807, 2.05) is 44.2 Å². The summed E-state index contributed by atoms with van der Waals surface area (Å²) < 4.78 is 3.97. The van der Waals surface area contributed by atoms with Crippen molar-refractivity contribution >= 4 is 27.5 Å². The molecule has 0 radical (unpaired) electrons. The highest BCUT2D eigenvalue weighted by Gasteiger charge is 2.12. The van der Waals surface area contributed by atoms with Crippen LogP contribution < -0.4 is 10.9 Å². The molecule has 0 fully saturated rings. The van der Waals surface area contributed by atoms with Crippen LogP contribution in [0, 0.1) is 13.8 Å². The van der Waals surface area contributed by atoms with Crippen molar-refractivity contribution < 1.29 is 4.79 Å². The molecule has 28 heavy (non-hydrogen) atoms. The van der Waals surface area contributed by atoms with Gasteiger partial charge in [-0.1, -0.05) is 12.1 Å². The van der Waals surface area contributed by atoms with Gasteiger partial charge in [0.05, 0.1) is 22.5 Å². The zero-order valence-electron chi connectivity index (χ0n) is 15.4. The first-order valence-electron chi connectivity index (χ1n) is 8.77. The summed E-state index contributed by atoms with van der Waals surface area (Å²) in [6.45, 7) is 4.34. The van der Waals surface area contributed by atoms with Gasteiger partial charge in [-0.15, -0.1) is 16.4 Å². The third kappa shape index (κ3) is 3.56. The van der Waals surface area contributed by atoms with Crippen molar-refractivity contribution in [1.82, 2.24) is 29.9 Å². The van der Waals surface area contributed by atoms with Crippen molar-refractivity contribution in [3.8, 4) is 5.82 Å². The molecule has 0 saturated carbocycles. The number of nitrogens with zero attached hydrogens (tertiary/aromatic N) is 5. The molecule has 3 heterocycles. The predicted molar refractivity (Wildman–Crippen MR) is 107 cm³/mol. The van der Waals surface area contributed by atoms with Crippen LogP contribution in [0.1, 0.15) is 21.2 Å². The van der Waals surface area contributed by atoms with Gasteiger partial charge < -0.3 is 5.32 Å². The molecule has 0 unspecified atom stereocenters. The van der Waals surface area contributed by atoms with E-state index in [2.05, 4.69) is 20.5 Å². The average Bonchev–Trinajstić information content (AvgIpc) is 3.26. The molecule has 0 aliphatic rings. The van der Waals surface area contributed by atoms with E-state index in [9.17, 15) is 9.59 Å². The Labute approximate surface area is 164 Å². The summed E-state index contributed by atoms with van der Waals surface area (Å²) in [6.07, 6.45) is 0. The van der Waals surface area contributed by atoms with Gasteiger partial charge in [-0.3, -0.25) is 9.59 Å². The van der Waals surface area contributed by atoms with Crippen LogP contribution in [-0.4, -0.2) is 37.0 Å². The third-order valence-corrected chi connectivity index (χ3v) is 5.21. The second kappa shape index (κ2) is 7.35. The van der Waals surface area contributed by atoms with Gasteiger partial charge >= 0.3 is 0 Å². The van der Waals surface area contributed by atoms with E-state index in [1.54, 1.807) is 10.7 Å². The number of hydrogen-bond acceptors (Lipinski definition) is 6. The van der Waals surface area contributed by atoms with Crippen LogP contribution in [0.25, 0.3) is 16.0 Å². The zero-order chi connectivity index (χ0) is 19.7. The number of carbonyl (C=O) groups excluding carboxylic acids is 1. The second-order valence-corrected chi connectivity index (χ2v) is 7.37. The van der Waals surface area contributed by atoms with Crippen molar-refractivity contribution in [1.29, 1.82) is 0 Å². The highest BCUT2D eigenvalue weighted by Crippen LogP contribution is 2.21. The molecular formula is C19H18N6O2S. The number of benzene rings is 1. The van der Waals surface area contributed by atoms with Crippen molar-refractivity contribution in [2.24, 2.45) is 0 Å². The van der Waals surface area contributed by atoms with Crippen molar-refractivity contribution in [3.63, 3.8) is 0 Å². The number of thiazole rings is 1. The minimum Gasteiger partial charge on any atom is -0.348 e. The molecule has 0 spiro atoms. The highest BCUT2D eigenvalue weighted by atomic mass is 32.1. The number of hydrogen-bond donors (Lipinski definition) is 1. The predicted octanol–water partition coefficient (Wildman–Crippen LogP) is 2.09. The fourth-order valence-electron chi connectivity index (χ4n) is 2.89. The standard InChI is InChI=1S/C19H18N6O2S/c1-12-11-13(2)25(22-12)16-7-8-17(26)24(23-16)10-9-20-18(27)19-21-14-5-3-4-6-15(14)28-19/h3-8,11H,9-10H2,1-2H3,(H,20,27). The molecule has 0 atom stereocenters. The van der Waals surface area contributed by atoms with E-state index in [-0.39, 0.29) is 24.6 Å². The van der Waals surface area contributed by atoms with Gasteiger partial charge in [0.1, 0.15) is 0 Å². The van der Waals surface area contributed by atoms with Gasteiger partial charge in [-0.05, 0) is 38.1 Å². The molecule has 4 aromatic rings. The molecule has 142 valence electrons. The Morgan fingerprint density at radius 2 is 1.96 bits per heavy atom. The summed E-state index contributed by atoms with van der Waals surface area (Å²) in [5.41, 5.74) is 2.37. The Bertz CT molecular complexity index is 1190. The van der Waals surface area contributed by atoms with Crippen LogP contribution in [0.2, 0.25) is 0 Å². The van der Waals surface area contributed by atoms with Gasteiger partial charge in [0, 0.05) is 18.3 Å². The summed E-state index contributed by atoms with van der Waals surface area (Å²) in [6, 6.07) is 12.6. The molecule has 0 bridgehead atoms. The van der Waals surface area contributed by atoms with Crippen LogP contribution in [-0.2, 0) is 6.54 Å². The zero-order valence-corrected chi connectivity index (χ0v) is 16.2. The maximum atomic E-state index is 12.3. The lowest BCUT2D eigenvalue weighted by atomic mass is 10.3. The van der Waals surface area contributed by atoms with E-state index < -0.39 is 0 Å². The summed E-state index contributed by atoms with van der Waals surface area (Å²) in [5, 5.41) is 11.9. The van der Waals surface area contributed by atoms with Crippen LogP contribution >= 0.6 is 11.3 Å². The Kier molecular flexibility index (Phi) is 4.74. The molecule has 4 rings (SSSR count). The first-order valence-corrected chi connectivity index (χ1v) is 9.58. The molecule has 0 aliphatic heterocycles. The largest absolute Gasteiger partial charge is 0.348 e. The monoisotopic (exact) mass is 394 g/mol.